The molecule has 0 bridgehead atoms. The summed E-state index contributed by atoms with van der Waals surface area (Å²) in [6.07, 6.45) is 3.20. The van der Waals surface area contributed by atoms with Crippen molar-refractivity contribution in [1.82, 2.24) is 15.5 Å². The summed E-state index contributed by atoms with van der Waals surface area (Å²) in [5, 5.41) is 17.2. The minimum absolute atomic E-state index is 0.156. The Kier molecular flexibility index (Phi) is 4.29. The highest BCUT2D eigenvalue weighted by Gasteiger charge is 2.34. The van der Waals surface area contributed by atoms with Gasteiger partial charge in [-0.15, -0.1) is 0 Å². The largest absolute Gasteiger partial charge is 0.386 e. The van der Waals surface area contributed by atoms with Gasteiger partial charge in [0.1, 0.15) is 5.82 Å². The number of aliphatic hydroxyl groups is 1. The Balaban J connectivity index is 1.61. The zero-order valence-electron chi connectivity index (χ0n) is 13.0. The van der Waals surface area contributed by atoms with E-state index in [1.165, 1.54) is 0 Å². The summed E-state index contributed by atoms with van der Waals surface area (Å²) >= 11 is 0. The number of pyridine rings is 1. The molecular formula is C16H20N4O3. The number of amides is 1. The Morgan fingerprint density at radius 1 is 1.52 bits per heavy atom. The fourth-order valence-corrected chi connectivity index (χ4v) is 2.80. The van der Waals surface area contributed by atoms with Gasteiger partial charge in [0.25, 0.3) is 5.91 Å². The first-order chi connectivity index (χ1) is 11.1. The van der Waals surface area contributed by atoms with Crippen molar-refractivity contribution in [3.8, 4) is 0 Å². The fourth-order valence-electron chi connectivity index (χ4n) is 2.80. The second kappa shape index (κ2) is 6.37. The lowest BCUT2D eigenvalue weighted by Crippen LogP contribution is -2.54. The maximum Gasteiger partial charge on any atom is 0.290 e. The van der Waals surface area contributed by atoms with E-state index in [-0.39, 0.29) is 18.2 Å². The van der Waals surface area contributed by atoms with E-state index in [1.807, 2.05) is 23.1 Å². The molecule has 0 aromatic carbocycles. The molecule has 1 aliphatic rings. The standard InChI is InChI=1S/C16H20N4O3/c1-12-9-13(23-19-12)15(21)18-10-16(22)6-4-8-20(11-16)14-5-2-3-7-17-14/h2-3,5,7,9,22H,4,6,8,10-11H2,1H3,(H,18,21). The van der Waals surface area contributed by atoms with Crippen molar-refractivity contribution in [3.05, 3.63) is 41.9 Å². The molecule has 0 aliphatic carbocycles. The third-order valence-electron chi connectivity index (χ3n) is 3.96. The molecule has 7 heteroatoms. The number of nitrogens with one attached hydrogen (secondary N) is 1. The summed E-state index contributed by atoms with van der Waals surface area (Å²) in [4.78, 5) is 18.4. The Labute approximate surface area is 134 Å². The summed E-state index contributed by atoms with van der Waals surface area (Å²) in [5.74, 6) is 0.625. The number of hydrogen-bond donors (Lipinski definition) is 2. The average molecular weight is 316 g/mol. The zero-order valence-corrected chi connectivity index (χ0v) is 13.0. The first-order valence-corrected chi connectivity index (χ1v) is 7.66. The first-order valence-electron chi connectivity index (χ1n) is 7.66. The lowest BCUT2D eigenvalue weighted by Gasteiger charge is -2.39. The first kappa shape index (κ1) is 15.5. The van der Waals surface area contributed by atoms with Crippen LogP contribution in [-0.2, 0) is 0 Å². The highest BCUT2D eigenvalue weighted by molar-refractivity contribution is 5.91. The maximum atomic E-state index is 12.0. The van der Waals surface area contributed by atoms with Gasteiger partial charge in [0.2, 0.25) is 5.76 Å². The number of anilines is 1. The predicted molar refractivity (Wildman–Crippen MR) is 84.2 cm³/mol. The van der Waals surface area contributed by atoms with Crippen molar-refractivity contribution >= 4 is 11.7 Å². The topological polar surface area (TPSA) is 91.5 Å². The van der Waals surface area contributed by atoms with E-state index in [0.29, 0.717) is 18.7 Å². The van der Waals surface area contributed by atoms with Gasteiger partial charge in [0.05, 0.1) is 11.3 Å². The molecule has 1 aliphatic heterocycles. The van der Waals surface area contributed by atoms with Gasteiger partial charge in [-0.1, -0.05) is 11.2 Å². The maximum absolute atomic E-state index is 12.0. The second-order valence-corrected chi connectivity index (χ2v) is 5.95. The fraction of sp³-hybridized carbons (Fsp3) is 0.438. The van der Waals surface area contributed by atoms with Gasteiger partial charge in [-0.3, -0.25) is 4.79 Å². The summed E-state index contributed by atoms with van der Waals surface area (Å²) in [7, 11) is 0. The minimum atomic E-state index is -0.986. The Morgan fingerprint density at radius 3 is 3.09 bits per heavy atom. The van der Waals surface area contributed by atoms with Crippen molar-refractivity contribution < 1.29 is 14.4 Å². The van der Waals surface area contributed by atoms with Crippen LogP contribution in [-0.4, -0.2) is 46.4 Å². The van der Waals surface area contributed by atoms with Crippen molar-refractivity contribution in [3.63, 3.8) is 0 Å². The predicted octanol–water partition coefficient (Wildman–Crippen LogP) is 1.14. The Bertz CT molecular complexity index is 673. The molecular weight excluding hydrogens is 296 g/mol. The van der Waals surface area contributed by atoms with E-state index in [1.54, 1.807) is 19.2 Å². The number of carbonyl (C=O) groups excluding carboxylic acids is 1. The zero-order chi connectivity index (χ0) is 16.3. The molecule has 0 spiro atoms. The van der Waals surface area contributed by atoms with Crippen molar-refractivity contribution in [2.75, 3.05) is 24.5 Å². The molecule has 23 heavy (non-hydrogen) atoms. The van der Waals surface area contributed by atoms with Gasteiger partial charge in [0, 0.05) is 31.9 Å². The van der Waals surface area contributed by atoms with Crippen molar-refractivity contribution in [2.45, 2.75) is 25.4 Å². The second-order valence-electron chi connectivity index (χ2n) is 5.95. The van der Waals surface area contributed by atoms with Gasteiger partial charge in [-0.05, 0) is 31.9 Å². The van der Waals surface area contributed by atoms with E-state index in [4.69, 9.17) is 4.52 Å². The number of piperidine rings is 1. The van der Waals surface area contributed by atoms with Crippen LogP contribution in [0.25, 0.3) is 0 Å². The van der Waals surface area contributed by atoms with Crippen molar-refractivity contribution in [2.24, 2.45) is 0 Å². The van der Waals surface area contributed by atoms with Crippen LogP contribution in [0.2, 0.25) is 0 Å². The number of aryl methyl sites for hydroxylation is 1. The molecule has 3 rings (SSSR count). The number of rotatable bonds is 4. The summed E-state index contributed by atoms with van der Waals surface area (Å²) in [5.41, 5.74) is -0.339. The number of carbonyl (C=O) groups is 1. The molecule has 2 N–H and O–H groups in total. The van der Waals surface area contributed by atoms with Crippen LogP contribution >= 0.6 is 0 Å². The molecule has 7 nitrogen and oxygen atoms in total. The third kappa shape index (κ3) is 3.68. The Hall–Kier alpha value is -2.41. The summed E-state index contributed by atoms with van der Waals surface area (Å²) in [6.45, 7) is 3.18. The molecule has 1 fully saturated rings. The van der Waals surface area contributed by atoms with Crippen LogP contribution in [0.5, 0.6) is 0 Å². The van der Waals surface area contributed by atoms with Gasteiger partial charge in [-0.25, -0.2) is 4.98 Å². The number of hydrogen-bond acceptors (Lipinski definition) is 6. The normalized spacial score (nSPS) is 21.2. The molecule has 2 aromatic rings. The van der Waals surface area contributed by atoms with E-state index in [9.17, 15) is 9.90 Å². The highest BCUT2D eigenvalue weighted by atomic mass is 16.5. The summed E-state index contributed by atoms with van der Waals surface area (Å²) in [6, 6.07) is 7.27. The van der Waals surface area contributed by atoms with E-state index in [2.05, 4.69) is 15.5 Å². The molecule has 1 unspecified atom stereocenters. The van der Waals surface area contributed by atoms with E-state index in [0.717, 1.165) is 18.8 Å². The van der Waals surface area contributed by atoms with Crippen LogP contribution < -0.4 is 10.2 Å². The number of β-amino-alcohol motifs (C(OH)–C–C–N with tert-alkyl or cyclic N) is 1. The number of nitrogens with zero attached hydrogens (tertiary/aromatic N) is 3. The lowest BCUT2D eigenvalue weighted by atomic mass is 9.92. The molecule has 122 valence electrons. The lowest BCUT2D eigenvalue weighted by molar-refractivity contribution is 0.0250. The molecule has 1 atom stereocenters. The number of aromatic nitrogens is 2. The highest BCUT2D eigenvalue weighted by Crippen LogP contribution is 2.24. The third-order valence-corrected chi connectivity index (χ3v) is 3.96. The molecule has 0 saturated carbocycles. The van der Waals surface area contributed by atoms with Gasteiger partial charge < -0.3 is 19.8 Å². The average Bonchev–Trinajstić information content (AvgIpc) is 3.00. The Morgan fingerprint density at radius 2 is 2.39 bits per heavy atom. The molecule has 2 aromatic heterocycles. The molecule has 0 radical (unpaired) electrons. The minimum Gasteiger partial charge on any atom is -0.386 e. The van der Waals surface area contributed by atoms with Gasteiger partial charge in [0.15, 0.2) is 0 Å². The van der Waals surface area contributed by atoms with Crippen LogP contribution in [0.4, 0.5) is 5.82 Å². The van der Waals surface area contributed by atoms with Crippen molar-refractivity contribution in [1.29, 1.82) is 0 Å². The van der Waals surface area contributed by atoms with Gasteiger partial charge in [-0.2, -0.15) is 0 Å². The monoisotopic (exact) mass is 316 g/mol. The van der Waals surface area contributed by atoms with Gasteiger partial charge >= 0.3 is 0 Å². The van der Waals surface area contributed by atoms with E-state index < -0.39 is 5.60 Å². The van der Waals surface area contributed by atoms with Crippen LogP contribution in [0.15, 0.2) is 35.0 Å². The van der Waals surface area contributed by atoms with Crippen LogP contribution in [0, 0.1) is 6.92 Å². The molecule has 1 saturated heterocycles. The smallest absolute Gasteiger partial charge is 0.290 e. The van der Waals surface area contributed by atoms with Crippen LogP contribution in [0.1, 0.15) is 29.1 Å². The molecule has 1 amide bonds. The molecule has 3 heterocycles. The SMILES string of the molecule is Cc1cc(C(=O)NCC2(O)CCCN(c3ccccn3)C2)on1. The quantitative estimate of drug-likeness (QED) is 0.879. The summed E-state index contributed by atoms with van der Waals surface area (Å²) < 4.78 is 4.93. The van der Waals surface area contributed by atoms with Crippen LogP contribution in [0.3, 0.4) is 0 Å². The van der Waals surface area contributed by atoms with E-state index >= 15 is 0 Å².